The van der Waals surface area contributed by atoms with Crippen LogP contribution in [0.1, 0.15) is 31.0 Å². The Morgan fingerprint density at radius 3 is 2.62 bits per heavy atom. The molecule has 134 valence electrons. The molecule has 1 aromatic heterocycles. The normalized spacial score (nSPS) is 12.6. The van der Waals surface area contributed by atoms with Crippen LogP contribution in [0.5, 0.6) is 0 Å². The molecule has 0 aliphatic heterocycles. The Hall–Kier alpha value is -3.08. The lowest BCUT2D eigenvalue weighted by Crippen LogP contribution is -2.38. The number of aromatic nitrogens is 2. The summed E-state index contributed by atoms with van der Waals surface area (Å²) in [7, 11) is 0. The number of rotatable bonds is 6. The smallest absolute Gasteiger partial charge is 0.192 e. The molecule has 0 saturated heterocycles. The van der Waals surface area contributed by atoms with E-state index in [2.05, 4.69) is 65.9 Å². The first-order chi connectivity index (χ1) is 12.8. The molecular weight excluding hydrogens is 322 g/mol. The van der Waals surface area contributed by atoms with Crippen molar-refractivity contribution in [1.29, 1.82) is 0 Å². The number of benzene rings is 2. The van der Waals surface area contributed by atoms with Gasteiger partial charge in [-0.2, -0.15) is 0 Å². The van der Waals surface area contributed by atoms with Gasteiger partial charge in [0.2, 0.25) is 0 Å². The summed E-state index contributed by atoms with van der Waals surface area (Å²) in [6.07, 6.45) is 5.54. The molecule has 0 aliphatic rings. The zero-order chi connectivity index (χ0) is 18.2. The monoisotopic (exact) mass is 347 g/mol. The number of hydrogen-bond donors (Lipinski definition) is 2. The van der Waals surface area contributed by atoms with Crippen LogP contribution in [-0.2, 0) is 6.54 Å². The Balaban J connectivity index is 1.76. The predicted molar refractivity (Wildman–Crippen MR) is 106 cm³/mol. The Kier molecular flexibility index (Phi) is 6.04. The molecule has 5 heteroatoms. The van der Waals surface area contributed by atoms with Crippen molar-refractivity contribution in [2.75, 3.05) is 6.54 Å². The Bertz CT molecular complexity index is 825. The van der Waals surface area contributed by atoms with Crippen LogP contribution >= 0.6 is 0 Å². The number of nitrogens with one attached hydrogen (secondary N) is 2. The van der Waals surface area contributed by atoms with Crippen LogP contribution in [-0.4, -0.2) is 22.1 Å². The van der Waals surface area contributed by atoms with Crippen molar-refractivity contribution in [2.24, 2.45) is 4.99 Å². The van der Waals surface area contributed by atoms with Gasteiger partial charge in [0.05, 0.1) is 24.6 Å². The minimum absolute atomic E-state index is 0.179. The van der Waals surface area contributed by atoms with Crippen LogP contribution < -0.4 is 10.6 Å². The maximum atomic E-state index is 4.78. The van der Waals surface area contributed by atoms with Crippen LogP contribution in [0.25, 0.3) is 5.69 Å². The Morgan fingerprint density at radius 1 is 1.12 bits per heavy atom. The predicted octanol–water partition coefficient (Wildman–Crippen LogP) is 3.69. The molecule has 0 radical (unpaired) electrons. The molecule has 3 rings (SSSR count). The molecule has 1 atom stereocenters. The molecule has 5 nitrogen and oxygen atoms in total. The van der Waals surface area contributed by atoms with Crippen LogP contribution in [0.4, 0.5) is 0 Å². The van der Waals surface area contributed by atoms with Gasteiger partial charge >= 0.3 is 0 Å². The first-order valence-corrected chi connectivity index (χ1v) is 8.94. The van der Waals surface area contributed by atoms with E-state index in [0.717, 1.165) is 23.8 Å². The first-order valence-electron chi connectivity index (χ1n) is 8.94. The Morgan fingerprint density at radius 2 is 1.88 bits per heavy atom. The fraction of sp³-hybridized carbons (Fsp3) is 0.238. The van der Waals surface area contributed by atoms with Crippen LogP contribution in [0, 0.1) is 0 Å². The third kappa shape index (κ3) is 4.51. The van der Waals surface area contributed by atoms with Gasteiger partial charge in [-0.3, -0.25) is 0 Å². The van der Waals surface area contributed by atoms with Gasteiger partial charge in [-0.05, 0) is 31.0 Å². The second-order valence-corrected chi connectivity index (χ2v) is 6.07. The van der Waals surface area contributed by atoms with Crippen LogP contribution in [0.15, 0.2) is 78.3 Å². The van der Waals surface area contributed by atoms with E-state index in [1.165, 1.54) is 5.56 Å². The second kappa shape index (κ2) is 8.85. The van der Waals surface area contributed by atoms with Crippen LogP contribution in [0.2, 0.25) is 0 Å². The molecule has 26 heavy (non-hydrogen) atoms. The van der Waals surface area contributed by atoms with E-state index in [4.69, 9.17) is 4.99 Å². The second-order valence-electron chi connectivity index (χ2n) is 6.07. The van der Waals surface area contributed by atoms with Crippen molar-refractivity contribution in [3.05, 3.63) is 84.4 Å². The zero-order valence-corrected chi connectivity index (χ0v) is 15.3. The summed E-state index contributed by atoms with van der Waals surface area (Å²) in [5.74, 6) is 0.810. The van der Waals surface area contributed by atoms with E-state index >= 15 is 0 Å². The summed E-state index contributed by atoms with van der Waals surface area (Å²) in [5, 5.41) is 6.81. The summed E-state index contributed by atoms with van der Waals surface area (Å²) in [6, 6.07) is 18.8. The van der Waals surface area contributed by atoms with Gasteiger partial charge in [-0.15, -0.1) is 0 Å². The minimum atomic E-state index is 0.179. The third-order valence-electron chi connectivity index (χ3n) is 4.18. The molecule has 0 fully saturated rings. The fourth-order valence-corrected chi connectivity index (χ4v) is 2.81. The summed E-state index contributed by atoms with van der Waals surface area (Å²) >= 11 is 0. The standard InChI is InChI=1S/C21H25N5/c1-3-23-21(25-17(2)18-9-5-4-6-10-18)24-15-19-11-7-8-12-20(19)26-14-13-22-16-26/h4-14,16-17H,3,15H2,1-2H3,(H2,23,24,25). The SMILES string of the molecule is CCNC(=NCc1ccccc1-n1ccnc1)NC(C)c1ccccc1. The molecule has 3 aromatic rings. The fourth-order valence-electron chi connectivity index (χ4n) is 2.81. The van der Waals surface area contributed by atoms with Crippen molar-refractivity contribution in [3.8, 4) is 5.69 Å². The molecule has 1 heterocycles. The summed E-state index contributed by atoms with van der Waals surface area (Å²) in [6.45, 7) is 5.62. The highest BCUT2D eigenvalue weighted by molar-refractivity contribution is 5.80. The maximum absolute atomic E-state index is 4.78. The van der Waals surface area contributed by atoms with E-state index in [0.29, 0.717) is 6.54 Å². The van der Waals surface area contributed by atoms with Crippen LogP contribution in [0.3, 0.4) is 0 Å². The summed E-state index contributed by atoms with van der Waals surface area (Å²) in [5.41, 5.74) is 3.48. The highest BCUT2D eigenvalue weighted by Crippen LogP contribution is 2.15. The molecule has 0 spiro atoms. The van der Waals surface area contributed by atoms with E-state index in [1.807, 2.05) is 35.3 Å². The lowest BCUT2D eigenvalue weighted by molar-refractivity contribution is 0.686. The van der Waals surface area contributed by atoms with Gasteiger partial charge in [-0.25, -0.2) is 9.98 Å². The van der Waals surface area contributed by atoms with Crippen molar-refractivity contribution < 1.29 is 0 Å². The number of guanidine groups is 1. The van der Waals surface area contributed by atoms with E-state index in [9.17, 15) is 0 Å². The number of nitrogens with zero attached hydrogens (tertiary/aromatic N) is 3. The molecule has 2 N–H and O–H groups in total. The van der Waals surface area contributed by atoms with Crippen molar-refractivity contribution in [2.45, 2.75) is 26.4 Å². The number of para-hydroxylation sites is 1. The van der Waals surface area contributed by atoms with Crippen molar-refractivity contribution in [3.63, 3.8) is 0 Å². The summed E-state index contributed by atoms with van der Waals surface area (Å²) in [4.78, 5) is 8.92. The Labute approximate surface area is 154 Å². The molecule has 0 aliphatic carbocycles. The van der Waals surface area contributed by atoms with Gasteiger partial charge in [0, 0.05) is 18.9 Å². The molecule has 0 amide bonds. The number of imidazole rings is 1. The quantitative estimate of drug-likeness (QED) is 0.528. The van der Waals surface area contributed by atoms with Gasteiger partial charge in [-0.1, -0.05) is 48.5 Å². The lowest BCUT2D eigenvalue weighted by Gasteiger charge is -2.18. The van der Waals surface area contributed by atoms with E-state index < -0.39 is 0 Å². The van der Waals surface area contributed by atoms with Gasteiger partial charge in [0.25, 0.3) is 0 Å². The van der Waals surface area contributed by atoms with E-state index in [1.54, 1.807) is 6.20 Å². The van der Waals surface area contributed by atoms with Crippen molar-refractivity contribution in [1.82, 2.24) is 20.2 Å². The van der Waals surface area contributed by atoms with Gasteiger partial charge in [0.15, 0.2) is 5.96 Å². The minimum Gasteiger partial charge on any atom is -0.357 e. The number of aliphatic imine (C=N–C) groups is 1. The zero-order valence-electron chi connectivity index (χ0n) is 15.3. The first kappa shape index (κ1) is 17.7. The maximum Gasteiger partial charge on any atom is 0.192 e. The summed E-state index contributed by atoms with van der Waals surface area (Å²) < 4.78 is 2.01. The topological polar surface area (TPSA) is 54.2 Å². The molecule has 2 aromatic carbocycles. The number of hydrogen-bond acceptors (Lipinski definition) is 2. The van der Waals surface area contributed by atoms with E-state index in [-0.39, 0.29) is 6.04 Å². The highest BCUT2D eigenvalue weighted by atomic mass is 15.2. The average Bonchev–Trinajstić information content (AvgIpc) is 3.22. The molecule has 1 unspecified atom stereocenters. The van der Waals surface area contributed by atoms with Gasteiger partial charge in [0.1, 0.15) is 0 Å². The highest BCUT2D eigenvalue weighted by Gasteiger charge is 2.08. The molecule has 0 saturated carbocycles. The molecule has 0 bridgehead atoms. The lowest BCUT2D eigenvalue weighted by atomic mass is 10.1. The molecular formula is C21H25N5. The largest absolute Gasteiger partial charge is 0.357 e. The average molecular weight is 347 g/mol. The van der Waals surface area contributed by atoms with Crippen molar-refractivity contribution >= 4 is 5.96 Å². The third-order valence-corrected chi connectivity index (χ3v) is 4.18. The van der Waals surface area contributed by atoms with Gasteiger partial charge < -0.3 is 15.2 Å².